The van der Waals surface area contributed by atoms with Crippen molar-refractivity contribution in [2.45, 2.75) is 69.9 Å². The molecule has 4 unspecified atom stereocenters. The van der Waals surface area contributed by atoms with Gasteiger partial charge in [0.05, 0.1) is 18.3 Å². The van der Waals surface area contributed by atoms with Gasteiger partial charge in [-0.25, -0.2) is 0 Å². The Bertz CT molecular complexity index is 445. The Kier molecular flexibility index (Phi) is 3.83. The van der Waals surface area contributed by atoms with Gasteiger partial charge in [0, 0.05) is 25.2 Å². The third-order valence-corrected chi connectivity index (χ3v) is 6.70. The monoisotopic (exact) mass is 304 g/mol. The van der Waals surface area contributed by atoms with Gasteiger partial charge in [-0.15, -0.1) is 0 Å². The summed E-state index contributed by atoms with van der Waals surface area (Å²) in [5, 5.41) is 9.81. The van der Waals surface area contributed by atoms with Gasteiger partial charge in [0.15, 0.2) is 0 Å². The molecule has 0 saturated carbocycles. The molecule has 3 heterocycles. The van der Waals surface area contributed by atoms with Crippen LogP contribution in [0.3, 0.4) is 0 Å². The van der Waals surface area contributed by atoms with Crippen molar-refractivity contribution < 1.29 is 18.3 Å². The lowest BCUT2D eigenvalue weighted by Crippen LogP contribution is -2.57. The van der Waals surface area contributed by atoms with E-state index in [0.29, 0.717) is 25.9 Å². The highest BCUT2D eigenvalue weighted by Crippen LogP contribution is 2.39. The van der Waals surface area contributed by atoms with Crippen LogP contribution in [0.4, 0.5) is 0 Å². The topological polar surface area (TPSA) is 70.1 Å². The van der Waals surface area contributed by atoms with E-state index in [-0.39, 0.29) is 30.4 Å². The normalized spacial score (nSPS) is 43.9. The number of aliphatic hydroxyl groups excluding tert-OH is 1. The number of morpholine rings is 1. The molecule has 3 aliphatic heterocycles. The van der Waals surface area contributed by atoms with Crippen molar-refractivity contribution >= 4 is 10.2 Å². The van der Waals surface area contributed by atoms with Crippen LogP contribution >= 0.6 is 0 Å². The molecule has 0 aromatic heterocycles. The summed E-state index contributed by atoms with van der Waals surface area (Å²) in [6.45, 7) is 4.66. The second-order valence-corrected chi connectivity index (χ2v) is 8.26. The molecule has 0 aliphatic carbocycles. The van der Waals surface area contributed by atoms with Crippen molar-refractivity contribution in [1.29, 1.82) is 0 Å². The molecule has 3 rings (SSSR count). The zero-order valence-electron chi connectivity index (χ0n) is 12.1. The van der Waals surface area contributed by atoms with Gasteiger partial charge in [0.25, 0.3) is 10.2 Å². The minimum atomic E-state index is -3.43. The smallest absolute Gasteiger partial charge is 0.282 e. The summed E-state index contributed by atoms with van der Waals surface area (Å²) in [7, 11) is -3.43. The summed E-state index contributed by atoms with van der Waals surface area (Å²) < 4.78 is 34.7. The van der Waals surface area contributed by atoms with Gasteiger partial charge in [0.1, 0.15) is 0 Å². The van der Waals surface area contributed by atoms with Gasteiger partial charge >= 0.3 is 0 Å². The number of rotatable bonds is 2. The number of aliphatic hydroxyl groups is 1. The minimum Gasteiger partial charge on any atom is -0.393 e. The van der Waals surface area contributed by atoms with Crippen LogP contribution in [-0.4, -0.2) is 65.6 Å². The van der Waals surface area contributed by atoms with E-state index in [4.69, 9.17) is 4.74 Å². The van der Waals surface area contributed by atoms with Gasteiger partial charge in [-0.1, -0.05) is 0 Å². The standard InChI is InChI=1S/C13H24N2O4S/c1-9-7-14(8-10(2)19-9)20(17,18)15-11-3-4-12(15)6-13(16)5-11/h9-13,16H,3-8H2,1-2H3. The van der Waals surface area contributed by atoms with Gasteiger partial charge in [-0.3, -0.25) is 0 Å². The van der Waals surface area contributed by atoms with Crippen LogP contribution in [0, 0.1) is 0 Å². The van der Waals surface area contributed by atoms with Gasteiger partial charge in [-0.05, 0) is 39.5 Å². The molecule has 0 aromatic carbocycles. The fourth-order valence-electron chi connectivity index (χ4n) is 3.93. The predicted octanol–water partition coefficient (Wildman–Crippen LogP) is 0.328. The maximum absolute atomic E-state index is 12.9. The van der Waals surface area contributed by atoms with Gasteiger partial charge in [0.2, 0.25) is 0 Å². The maximum Gasteiger partial charge on any atom is 0.282 e. The van der Waals surface area contributed by atoms with Crippen LogP contribution in [0.25, 0.3) is 0 Å². The first-order valence-electron chi connectivity index (χ1n) is 7.50. The van der Waals surface area contributed by atoms with E-state index in [1.54, 1.807) is 8.61 Å². The molecule has 0 radical (unpaired) electrons. The number of hydrogen-bond acceptors (Lipinski definition) is 4. The SMILES string of the molecule is CC1CN(S(=O)(=O)N2C3CCC2CC(O)C3)CC(C)O1. The highest BCUT2D eigenvalue weighted by molar-refractivity contribution is 7.86. The number of piperidine rings is 1. The van der Waals surface area contributed by atoms with Crippen molar-refractivity contribution in [3.63, 3.8) is 0 Å². The Morgan fingerprint density at radius 2 is 1.55 bits per heavy atom. The molecule has 7 heteroatoms. The summed E-state index contributed by atoms with van der Waals surface area (Å²) in [4.78, 5) is 0. The Morgan fingerprint density at radius 1 is 1.05 bits per heavy atom. The Balaban J connectivity index is 1.82. The lowest BCUT2D eigenvalue weighted by Gasteiger charge is -2.42. The third kappa shape index (κ3) is 2.50. The molecule has 2 bridgehead atoms. The summed E-state index contributed by atoms with van der Waals surface area (Å²) in [6.07, 6.45) is 2.41. The van der Waals surface area contributed by atoms with Crippen molar-refractivity contribution in [3.05, 3.63) is 0 Å². The van der Waals surface area contributed by atoms with Crippen molar-refractivity contribution in [3.8, 4) is 0 Å². The van der Waals surface area contributed by atoms with E-state index in [2.05, 4.69) is 0 Å². The zero-order chi connectivity index (χ0) is 14.5. The van der Waals surface area contributed by atoms with Crippen LogP contribution < -0.4 is 0 Å². The average Bonchev–Trinajstić information content (AvgIpc) is 2.62. The van der Waals surface area contributed by atoms with Gasteiger partial charge in [-0.2, -0.15) is 17.0 Å². The summed E-state index contributed by atoms with van der Waals surface area (Å²) >= 11 is 0. The average molecular weight is 304 g/mol. The molecule has 3 saturated heterocycles. The Morgan fingerprint density at radius 3 is 2.05 bits per heavy atom. The van der Waals surface area contributed by atoms with E-state index in [9.17, 15) is 13.5 Å². The molecule has 0 aromatic rings. The van der Waals surface area contributed by atoms with Gasteiger partial charge < -0.3 is 9.84 Å². The largest absolute Gasteiger partial charge is 0.393 e. The first-order chi connectivity index (χ1) is 9.38. The van der Waals surface area contributed by atoms with Crippen LogP contribution in [0.1, 0.15) is 39.5 Å². The fraction of sp³-hybridized carbons (Fsp3) is 1.00. The molecular weight excluding hydrogens is 280 g/mol. The molecule has 116 valence electrons. The van der Waals surface area contributed by atoms with Crippen molar-refractivity contribution in [2.24, 2.45) is 0 Å². The lowest BCUT2D eigenvalue weighted by molar-refractivity contribution is -0.0467. The molecule has 0 spiro atoms. The molecule has 4 atom stereocenters. The number of fused-ring (bicyclic) bond motifs is 2. The second kappa shape index (κ2) is 5.21. The lowest BCUT2D eigenvalue weighted by atomic mass is 10.0. The van der Waals surface area contributed by atoms with Crippen molar-refractivity contribution in [1.82, 2.24) is 8.61 Å². The molecule has 0 amide bonds. The molecular formula is C13H24N2O4S. The first kappa shape index (κ1) is 14.7. The van der Waals surface area contributed by atoms with Crippen molar-refractivity contribution in [2.75, 3.05) is 13.1 Å². The Hall–Kier alpha value is -0.210. The quantitative estimate of drug-likeness (QED) is 0.798. The van der Waals surface area contributed by atoms with Crippen LogP contribution in [-0.2, 0) is 14.9 Å². The molecule has 6 nitrogen and oxygen atoms in total. The summed E-state index contributed by atoms with van der Waals surface area (Å²) in [5.41, 5.74) is 0. The third-order valence-electron chi connectivity index (χ3n) is 4.62. The highest BCUT2D eigenvalue weighted by Gasteiger charge is 2.49. The predicted molar refractivity (Wildman–Crippen MR) is 74.4 cm³/mol. The van der Waals surface area contributed by atoms with Crippen LogP contribution in [0.2, 0.25) is 0 Å². The zero-order valence-corrected chi connectivity index (χ0v) is 12.9. The van der Waals surface area contributed by atoms with Crippen LogP contribution in [0.15, 0.2) is 0 Å². The molecule has 3 fully saturated rings. The summed E-state index contributed by atoms with van der Waals surface area (Å²) in [6, 6.07) is -0.0515. The maximum atomic E-state index is 12.9. The molecule has 20 heavy (non-hydrogen) atoms. The van der Waals surface area contributed by atoms with E-state index < -0.39 is 10.2 Å². The number of nitrogens with zero attached hydrogens (tertiary/aromatic N) is 2. The fourth-order valence-corrected chi connectivity index (χ4v) is 6.13. The first-order valence-corrected chi connectivity index (χ1v) is 8.89. The second-order valence-electron chi connectivity index (χ2n) is 6.42. The molecule has 3 aliphatic rings. The minimum absolute atomic E-state index is 0.0257. The molecule has 1 N–H and O–H groups in total. The van der Waals surface area contributed by atoms with E-state index in [1.165, 1.54) is 0 Å². The number of ether oxygens (including phenoxy) is 1. The van der Waals surface area contributed by atoms with E-state index >= 15 is 0 Å². The highest BCUT2D eigenvalue weighted by atomic mass is 32.2. The number of hydrogen-bond donors (Lipinski definition) is 1. The Labute approximate surface area is 120 Å². The van der Waals surface area contributed by atoms with E-state index in [1.807, 2.05) is 13.8 Å². The van der Waals surface area contributed by atoms with E-state index in [0.717, 1.165) is 12.8 Å². The summed E-state index contributed by atoms with van der Waals surface area (Å²) in [5.74, 6) is 0. The van der Waals surface area contributed by atoms with Crippen LogP contribution in [0.5, 0.6) is 0 Å².